The number of nitrogens with two attached hydrogens (primary N) is 1. The number of rotatable bonds is 9. The lowest BCUT2D eigenvalue weighted by molar-refractivity contribution is 0.246. The Balaban J connectivity index is 2.96. The largest absolute Gasteiger partial charge is 0.493 e. The van der Waals surface area contributed by atoms with Gasteiger partial charge in [0.2, 0.25) is 0 Å². The van der Waals surface area contributed by atoms with Crippen molar-refractivity contribution in [2.75, 3.05) is 13.2 Å². The van der Waals surface area contributed by atoms with E-state index < -0.39 is 6.03 Å². The van der Waals surface area contributed by atoms with Crippen LogP contribution in [0.2, 0.25) is 0 Å². The molecule has 136 valence electrons. The van der Waals surface area contributed by atoms with Crippen molar-refractivity contribution in [3.05, 3.63) is 29.3 Å². The van der Waals surface area contributed by atoms with Gasteiger partial charge in [-0.05, 0) is 41.7 Å². The molecule has 0 spiro atoms. The highest BCUT2D eigenvalue weighted by molar-refractivity contribution is 5.71. The van der Waals surface area contributed by atoms with Gasteiger partial charge in [-0.25, -0.2) is 4.79 Å². The van der Waals surface area contributed by atoms with E-state index in [2.05, 4.69) is 65.1 Å². The Morgan fingerprint density at radius 3 is 2.29 bits per heavy atom. The van der Waals surface area contributed by atoms with Crippen molar-refractivity contribution in [3.63, 3.8) is 0 Å². The van der Waals surface area contributed by atoms with Crippen molar-refractivity contribution < 1.29 is 9.53 Å². The summed E-state index contributed by atoms with van der Waals surface area (Å²) in [6.07, 6.45) is 2.87. The fraction of sp³-hybridized carbons (Fsp3) is 0.650. The van der Waals surface area contributed by atoms with E-state index in [9.17, 15) is 4.79 Å². The van der Waals surface area contributed by atoms with Gasteiger partial charge in [0.05, 0.1) is 6.61 Å². The molecule has 0 bridgehead atoms. The maximum absolute atomic E-state index is 10.7. The van der Waals surface area contributed by atoms with E-state index in [1.165, 1.54) is 11.1 Å². The highest BCUT2D eigenvalue weighted by Crippen LogP contribution is 2.38. The number of benzene rings is 1. The standard InChI is InChI=1S/C20H34N2O2/c1-7-19(3,4)15-10-11-17(16(14-15)20(5,6)8-2)24-13-9-12-22-18(21)23/h10-11,14H,7-9,12-13H2,1-6H3,(H3,21,22,23). The molecule has 4 heteroatoms. The number of carbonyl (C=O) groups is 1. The van der Waals surface area contributed by atoms with Crippen LogP contribution in [0.15, 0.2) is 18.2 Å². The average molecular weight is 335 g/mol. The van der Waals surface area contributed by atoms with Gasteiger partial charge in [0, 0.05) is 12.1 Å². The molecule has 0 aliphatic rings. The minimum Gasteiger partial charge on any atom is -0.493 e. The zero-order chi connectivity index (χ0) is 18.4. The average Bonchev–Trinajstić information content (AvgIpc) is 2.54. The molecule has 0 aliphatic carbocycles. The minimum atomic E-state index is -0.492. The van der Waals surface area contributed by atoms with Gasteiger partial charge < -0.3 is 15.8 Å². The number of amides is 2. The van der Waals surface area contributed by atoms with Crippen molar-refractivity contribution in [2.24, 2.45) is 5.73 Å². The summed E-state index contributed by atoms with van der Waals surface area (Å²) in [5, 5.41) is 2.58. The van der Waals surface area contributed by atoms with Crippen LogP contribution in [0, 0.1) is 0 Å². The predicted octanol–water partition coefficient (Wildman–Crippen LogP) is 4.50. The molecule has 1 rings (SSSR count). The second-order valence-electron chi connectivity index (χ2n) is 7.68. The summed E-state index contributed by atoms with van der Waals surface area (Å²) in [5.41, 5.74) is 7.88. The van der Waals surface area contributed by atoms with Gasteiger partial charge in [-0.1, -0.05) is 53.7 Å². The van der Waals surface area contributed by atoms with E-state index in [-0.39, 0.29) is 10.8 Å². The van der Waals surface area contributed by atoms with Gasteiger partial charge in [-0.3, -0.25) is 0 Å². The van der Waals surface area contributed by atoms with Crippen LogP contribution in [0.1, 0.15) is 71.9 Å². The Morgan fingerprint density at radius 1 is 1.12 bits per heavy atom. The summed E-state index contributed by atoms with van der Waals surface area (Å²) in [4.78, 5) is 10.7. The lowest BCUT2D eigenvalue weighted by Crippen LogP contribution is -2.30. The molecule has 0 saturated heterocycles. The van der Waals surface area contributed by atoms with Crippen molar-refractivity contribution in [2.45, 2.75) is 71.6 Å². The third kappa shape index (κ3) is 5.43. The Labute approximate surface area is 147 Å². The first-order valence-corrected chi connectivity index (χ1v) is 8.95. The molecule has 1 aromatic rings. The van der Waals surface area contributed by atoms with Gasteiger partial charge in [0.1, 0.15) is 5.75 Å². The summed E-state index contributed by atoms with van der Waals surface area (Å²) < 4.78 is 6.02. The molecule has 3 N–H and O–H groups in total. The Bertz CT molecular complexity index is 551. The topological polar surface area (TPSA) is 64.3 Å². The number of carbonyl (C=O) groups excluding carboxylic acids is 1. The number of nitrogens with one attached hydrogen (secondary N) is 1. The third-order valence-electron chi connectivity index (χ3n) is 5.14. The fourth-order valence-corrected chi connectivity index (χ4v) is 2.47. The van der Waals surface area contributed by atoms with Crippen LogP contribution in [0.25, 0.3) is 0 Å². The van der Waals surface area contributed by atoms with Crippen molar-refractivity contribution in [3.8, 4) is 5.75 Å². The van der Waals surface area contributed by atoms with Crippen molar-refractivity contribution >= 4 is 6.03 Å². The van der Waals surface area contributed by atoms with Gasteiger partial charge in [-0.2, -0.15) is 0 Å². The summed E-state index contributed by atoms with van der Waals surface area (Å²) in [7, 11) is 0. The van der Waals surface area contributed by atoms with E-state index in [4.69, 9.17) is 10.5 Å². The first kappa shape index (κ1) is 20.3. The Kier molecular flexibility index (Phi) is 7.12. The normalized spacial score (nSPS) is 12.1. The van der Waals surface area contributed by atoms with Crippen LogP contribution < -0.4 is 15.8 Å². The number of urea groups is 1. The number of primary amides is 1. The van der Waals surface area contributed by atoms with Crippen molar-refractivity contribution in [1.82, 2.24) is 5.32 Å². The highest BCUT2D eigenvalue weighted by atomic mass is 16.5. The molecule has 4 nitrogen and oxygen atoms in total. The summed E-state index contributed by atoms with van der Waals surface area (Å²) in [5.74, 6) is 0.941. The molecule has 1 aromatic carbocycles. The van der Waals surface area contributed by atoms with Crippen LogP contribution in [0.5, 0.6) is 5.75 Å². The molecule has 2 amide bonds. The summed E-state index contributed by atoms with van der Waals surface area (Å²) in [6, 6.07) is 6.09. The number of hydrogen-bond acceptors (Lipinski definition) is 2. The zero-order valence-electron chi connectivity index (χ0n) is 16.2. The molecular formula is C20H34N2O2. The van der Waals surface area contributed by atoms with Crippen molar-refractivity contribution in [1.29, 1.82) is 0 Å². The van der Waals surface area contributed by atoms with E-state index in [0.717, 1.165) is 25.0 Å². The van der Waals surface area contributed by atoms with Gasteiger partial charge in [0.25, 0.3) is 0 Å². The minimum absolute atomic E-state index is 0.0562. The lowest BCUT2D eigenvalue weighted by Gasteiger charge is -2.30. The van der Waals surface area contributed by atoms with Crippen LogP contribution in [-0.2, 0) is 10.8 Å². The maximum atomic E-state index is 10.7. The van der Waals surface area contributed by atoms with Crippen LogP contribution >= 0.6 is 0 Å². The monoisotopic (exact) mass is 334 g/mol. The fourth-order valence-electron chi connectivity index (χ4n) is 2.47. The molecular weight excluding hydrogens is 300 g/mol. The second kappa shape index (κ2) is 8.41. The highest BCUT2D eigenvalue weighted by Gasteiger charge is 2.26. The number of ether oxygens (including phenoxy) is 1. The first-order valence-electron chi connectivity index (χ1n) is 8.95. The molecule has 0 unspecified atom stereocenters. The van der Waals surface area contributed by atoms with E-state index >= 15 is 0 Å². The van der Waals surface area contributed by atoms with Crippen LogP contribution in [0.3, 0.4) is 0 Å². The van der Waals surface area contributed by atoms with E-state index in [1.54, 1.807) is 0 Å². The molecule has 0 radical (unpaired) electrons. The van der Waals surface area contributed by atoms with E-state index in [0.29, 0.717) is 13.2 Å². The molecule has 0 aromatic heterocycles. The molecule has 24 heavy (non-hydrogen) atoms. The van der Waals surface area contributed by atoms with Gasteiger partial charge >= 0.3 is 6.03 Å². The molecule has 0 aliphatic heterocycles. The summed E-state index contributed by atoms with van der Waals surface area (Å²) in [6.45, 7) is 14.6. The molecule has 0 heterocycles. The zero-order valence-corrected chi connectivity index (χ0v) is 16.2. The molecule has 0 saturated carbocycles. The Hall–Kier alpha value is -1.71. The van der Waals surface area contributed by atoms with Gasteiger partial charge in [-0.15, -0.1) is 0 Å². The van der Waals surface area contributed by atoms with Gasteiger partial charge in [0.15, 0.2) is 0 Å². The lowest BCUT2D eigenvalue weighted by atomic mass is 9.76. The molecule has 0 atom stereocenters. The molecule has 0 fully saturated rings. The first-order chi connectivity index (χ1) is 11.1. The number of hydrogen-bond donors (Lipinski definition) is 2. The summed E-state index contributed by atoms with van der Waals surface area (Å²) >= 11 is 0. The maximum Gasteiger partial charge on any atom is 0.312 e. The third-order valence-corrected chi connectivity index (χ3v) is 5.14. The smallest absolute Gasteiger partial charge is 0.312 e. The quantitative estimate of drug-likeness (QED) is 0.653. The Morgan fingerprint density at radius 2 is 1.75 bits per heavy atom. The SMILES string of the molecule is CCC(C)(C)c1ccc(OCCCNC(N)=O)c(C(C)(C)CC)c1. The predicted molar refractivity (Wildman–Crippen MR) is 101 cm³/mol. The van der Waals surface area contributed by atoms with Crippen LogP contribution in [0.4, 0.5) is 4.79 Å². The van der Waals surface area contributed by atoms with E-state index in [1.807, 2.05) is 0 Å². The van der Waals surface area contributed by atoms with Crippen LogP contribution in [-0.4, -0.2) is 19.2 Å². The second-order valence-corrected chi connectivity index (χ2v) is 7.68.